The number of fused-ring (bicyclic) bond motifs is 1. The van der Waals surface area contributed by atoms with Crippen molar-refractivity contribution >= 4 is 31.7 Å². The molecule has 0 fully saturated rings. The van der Waals surface area contributed by atoms with Crippen molar-refractivity contribution in [1.29, 1.82) is 0 Å². The third-order valence-corrected chi connectivity index (χ3v) is 4.60. The zero-order chi connectivity index (χ0) is 13.5. The lowest BCUT2D eigenvalue weighted by atomic mass is 10.2. The number of hydrogen-bond donors (Lipinski definition) is 1. The van der Waals surface area contributed by atoms with Crippen molar-refractivity contribution in [2.75, 3.05) is 0 Å². The minimum Gasteiger partial charge on any atom is -0.282 e. The first-order chi connectivity index (χ1) is 9.04. The minimum absolute atomic E-state index is 0.108. The summed E-state index contributed by atoms with van der Waals surface area (Å²) < 4.78 is 31.9. The van der Waals surface area contributed by atoms with E-state index in [9.17, 15) is 8.42 Å². The Balaban J connectivity index is 2.17. The minimum atomic E-state index is -4.17. The van der Waals surface area contributed by atoms with Gasteiger partial charge in [-0.15, -0.1) is 11.3 Å². The molecule has 1 aromatic heterocycles. The summed E-state index contributed by atoms with van der Waals surface area (Å²) >= 11 is 1.39. The lowest BCUT2D eigenvalue weighted by molar-refractivity contribution is 0.483. The highest BCUT2D eigenvalue weighted by Crippen LogP contribution is 2.31. The Morgan fingerprint density at radius 3 is 2.47 bits per heavy atom. The van der Waals surface area contributed by atoms with Gasteiger partial charge in [-0.1, -0.05) is 30.3 Å². The fourth-order valence-electron chi connectivity index (χ4n) is 1.77. The first kappa shape index (κ1) is 12.3. The summed E-state index contributed by atoms with van der Waals surface area (Å²) in [6.07, 6.45) is 0. The van der Waals surface area contributed by atoms with Crippen LogP contribution in [0.4, 0.5) is 0 Å². The predicted molar refractivity (Wildman–Crippen MR) is 74.9 cm³/mol. The molecule has 0 atom stereocenters. The zero-order valence-corrected chi connectivity index (χ0v) is 11.3. The second kappa shape index (κ2) is 4.41. The fourth-order valence-corrected chi connectivity index (χ4v) is 3.36. The van der Waals surface area contributed by atoms with Gasteiger partial charge in [-0.2, -0.15) is 8.42 Å². The molecule has 4 nitrogen and oxygen atoms in total. The molecule has 0 aliphatic carbocycles. The van der Waals surface area contributed by atoms with Gasteiger partial charge in [0, 0.05) is 5.56 Å². The number of aromatic nitrogens is 1. The maximum Gasteiger partial charge on any atom is 0.294 e. The zero-order valence-electron chi connectivity index (χ0n) is 9.65. The van der Waals surface area contributed by atoms with E-state index in [0.29, 0.717) is 0 Å². The predicted octanol–water partition coefficient (Wildman–Crippen LogP) is 3.21. The topological polar surface area (TPSA) is 67.3 Å². The third kappa shape index (κ3) is 2.37. The normalized spacial score (nSPS) is 11.8. The lowest BCUT2D eigenvalue weighted by Gasteiger charge is -1.94. The van der Waals surface area contributed by atoms with Crippen molar-refractivity contribution in [3.05, 3.63) is 48.5 Å². The van der Waals surface area contributed by atoms with Gasteiger partial charge in [0.15, 0.2) is 0 Å². The molecule has 0 saturated heterocycles. The highest BCUT2D eigenvalue weighted by molar-refractivity contribution is 7.85. The van der Waals surface area contributed by atoms with Crippen LogP contribution in [-0.4, -0.2) is 18.0 Å². The van der Waals surface area contributed by atoms with Crippen molar-refractivity contribution in [3.8, 4) is 10.6 Å². The Labute approximate surface area is 114 Å². The molecule has 3 aromatic rings. The summed E-state index contributed by atoms with van der Waals surface area (Å²) in [5.41, 5.74) is 1.70. The van der Waals surface area contributed by atoms with Crippen LogP contribution in [0.1, 0.15) is 0 Å². The molecule has 3 rings (SSSR count). The summed E-state index contributed by atoms with van der Waals surface area (Å²) in [5.74, 6) is 0. The Morgan fingerprint density at radius 2 is 1.79 bits per heavy atom. The van der Waals surface area contributed by atoms with E-state index in [0.717, 1.165) is 20.8 Å². The summed E-state index contributed by atoms with van der Waals surface area (Å²) in [4.78, 5) is 4.34. The molecule has 0 aliphatic heterocycles. The third-order valence-electron chi connectivity index (χ3n) is 2.68. The van der Waals surface area contributed by atoms with Gasteiger partial charge in [0.05, 0.1) is 15.1 Å². The highest BCUT2D eigenvalue weighted by Gasteiger charge is 2.12. The quantitative estimate of drug-likeness (QED) is 0.736. The van der Waals surface area contributed by atoms with Crippen LogP contribution in [0.5, 0.6) is 0 Å². The van der Waals surface area contributed by atoms with Gasteiger partial charge in [-0.3, -0.25) is 4.55 Å². The summed E-state index contributed by atoms with van der Waals surface area (Å²) in [6.45, 7) is 0. The van der Waals surface area contributed by atoms with Crippen molar-refractivity contribution in [3.63, 3.8) is 0 Å². The molecule has 2 aromatic carbocycles. The van der Waals surface area contributed by atoms with Crippen molar-refractivity contribution in [1.82, 2.24) is 4.98 Å². The lowest BCUT2D eigenvalue weighted by Crippen LogP contribution is -1.96. The SMILES string of the molecule is O=S(=O)(O)c1ccc2nc(-c3ccccc3)sc2c1. The number of thiazole rings is 1. The Morgan fingerprint density at radius 1 is 1.05 bits per heavy atom. The average molecular weight is 291 g/mol. The van der Waals surface area contributed by atoms with Crippen LogP contribution in [0.15, 0.2) is 53.4 Å². The van der Waals surface area contributed by atoms with Gasteiger partial charge >= 0.3 is 0 Å². The Bertz CT molecular complexity index is 839. The van der Waals surface area contributed by atoms with Crippen LogP contribution < -0.4 is 0 Å². The molecule has 96 valence electrons. The van der Waals surface area contributed by atoms with Gasteiger partial charge in [0.1, 0.15) is 5.01 Å². The molecule has 1 N–H and O–H groups in total. The van der Waals surface area contributed by atoms with Crippen LogP contribution in [0.2, 0.25) is 0 Å². The maximum atomic E-state index is 11.1. The van der Waals surface area contributed by atoms with Gasteiger partial charge in [0.25, 0.3) is 10.1 Å². The molecule has 0 bridgehead atoms. The molecule has 19 heavy (non-hydrogen) atoms. The molecule has 0 unspecified atom stereocenters. The van der Waals surface area contributed by atoms with E-state index in [2.05, 4.69) is 4.98 Å². The van der Waals surface area contributed by atoms with Crippen LogP contribution in [0, 0.1) is 0 Å². The van der Waals surface area contributed by atoms with Gasteiger partial charge in [-0.05, 0) is 18.2 Å². The first-order valence-corrected chi connectivity index (χ1v) is 7.73. The first-order valence-electron chi connectivity index (χ1n) is 5.47. The molecule has 6 heteroatoms. The fraction of sp³-hybridized carbons (Fsp3) is 0. The van der Waals surface area contributed by atoms with Gasteiger partial charge in [0.2, 0.25) is 0 Å². The average Bonchev–Trinajstić information content (AvgIpc) is 2.81. The monoisotopic (exact) mass is 291 g/mol. The molecule has 0 amide bonds. The Kier molecular flexibility index (Phi) is 2.85. The molecule has 0 aliphatic rings. The molecule has 1 heterocycles. The van der Waals surface area contributed by atoms with Crippen LogP contribution in [0.25, 0.3) is 20.8 Å². The van der Waals surface area contributed by atoms with E-state index < -0.39 is 10.1 Å². The van der Waals surface area contributed by atoms with E-state index >= 15 is 0 Å². The number of hydrogen-bond acceptors (Lipinski definition) is 4. The Hall–Kier alpha value is -1.76. The smallest absolute Gasteiger partial charge is 0.282 e. The van der Waals surface area contributed by atoms with Crippen LogP contribution in [-0.2, 0) is 10.1 Å². The van der Waals surface area contributed by atoms with Crippen molar-refractivity contribution in [2.24, 2.45) is 0 Å². The van der Waals surface area contributed by atoms with Crippen LogP contribution >= 0.6 is 11.3 Å². The molecule has 0 spiro atoms. The standard InChI is InChI=1S/C13H9NO3S2/c15-19(16,17)10-6-7-11-12(8-10)18-13(14-11)9-4-2-1-3-5-9/h1-8H,(H,15,16,17). The molecule has 0 saturated carbocycles. The van der Waals surface area contributed by atoms with E-state index in [1.54, 1.807) is 6.07 Å². The molecule has 0 radical (unpaired) electrons. The van der Waals surface area contributed by atoms with E-state index in [1.165, 1.54) is 23.5 Å². The summed E-state index contributed by atoms with van der Waals surface area (Å²) in [6, 6.07) is 14.1. The van der Waals surface area contributed by atoms with E-state index in [1.807, 2.05) is 30.3 Å². The largest absolute Gasteiger partial charge is 0.294 e. The molecular formula is C13H9NO3S2. The second-order valence-electron chi connectivity index (χ2n) is 3.99. The molecular weight excluding hydrogens is 282 g/mol. The van der Waals surface area contributed by atoms with Crippen LogP contribution in [0.3, 0.4) is 0 Å². The summed E-state index contributed by atoms with van der Waals surface area (Å²) in [7, 11) is -4.17. The van der Waals surface area contributed by atoms with Crippen molar-refractivity contribution < 1.29 is 13.0 Å². The highest BCUT2D eigenvalue weighted by atomic mass is 32.2. The summed E-state index contributed by atoms with van der Waals surface area (Å²) in [5, 5.41) is 0.822. The number of benzene rings is 2. The number of rotatable bonds is 2. The van der Waals surface area contributed by atoms with Crippen molar-refractivity contribution in [2.45, 2.75) is 4.90 Å². The van der Waals surface area contributed by atoms with Gasteiger partial charge < -0.3 is 0 Å². The second-order valence-corrected chi connectivity index (χ2v) is 6.44. The van der Waals surface area contributed by atoms with E-state index in [4.69, 9.17) is 4.55 Å². The number of nitrogens with zero attached hydrogens (tertiary/aromatic N) is 1. The van der Waals surface area contributed by atoms with E-state index in [-0.39, 0.29) is 4.90 Å². The van der Waals surface area contributed by atoms with Gasteiger partial charge in [-0.25, -0.2) is 4.98 Å². The maximum absolute atomic E-state index is 11.1.